The Morgan fingerprint density at radius 1 is 1.33 bits per heavy atom. The van der Waals surface area contributed by atoms with Gasteiger partial charge in [-0.05, 0) is 59.8 Å². The first-order valence-electron chi connectivity index (χ1n) is 9.21. The van der Waals surface area contributed by atoms with Crippen LogP contribution in [0.1, 0.15) is 51.1 Å². The van der Waals surface area contributed by atoms with Gasteiger partial charge in [-0.15, -0.1) is 0 Å². The van der Waals surface area contributed by atoms with Crippen LogP contribution in [-0.2, 0) is 16.6 Å². The number of aromatic nitrogens is 2. The van der Waals surface area contributed by atoms with E-state index in [2.05, 4.69) is 49.8 Å². The molecule has 0 radical (unpaired) electrons. The number of fused-ring (bicyclic) bond motifs is 2. The molecule has 1 aliphatic rings. The molecule has 0 spiro atoms. The lowest BCUT2D eigenvalue weighted by molar-refractivity contribution is -0.173. The van der Waals surface area contributed by atoms with Crippen molar-refractivity contribution >= 4 is 16.9 Å². The van der Waals surface area contributed by atoms with E-state index in [0.717, 1.165) is 28.8 Å². The minimum atomic E-state index is -4.85. The maximum absolute atomic E-state index is 12.5. The minimum absolute atomic E-state index is 0.0257. The summed E-state index contributed by atoms with van der Waals surface area (Å²) < 4.78 is 37.5. The molecule has 0 unspecified atom stereocenters. The smallest absolute Gasteiger partial charge is 0.348 e. The van der Waals surface area contributed by atoms with E-state index in [0.29, 0.717) is 12.3 Å². The van der Waals surface area contributed by atoms with Crippen LogP contribution in [0.25, 0.3) is 11.0 Å². The number of carbonyl (C=O) groups is 1. The molecular weight excluding hydrogens is 355 g/mol. The SMILES string of the molecule is Cc1nc2cc3c(cc2[nH]1)C[C@@H](C)C(C)(C)[C@@]3(C)CCNC(=O)C(F)(F)F. The summed E-state index contributed by atoms with van der Waals surface area (Å²) in [7, 11) is 0. The number of nitrogens with one attached hydrogen (secondary N) is 2. The third-order valence-electron chi connectivity index (χ3n) is 6.77. The van der Waals surface area contributed by atoms with Crippen LogP contribution in [0.15, 0.2) is 12.1 Å². The number of nitrogens with zero attached hydrogens (tertiary/aromatic N) is 1. The summed E-state index contributed by atoms with van der Waals surface area (Å²) in [5, 5.41) is 2.03. The quantitative estimate of drug-likeness (QED) is 0.827. The topological polar surface area (TPSA) is 57.8 Å². The summed E-state index contributed by atoms with van der Waals surface area (Å²) in [6.07, 6.45) is -3.53. The molecule has 0 saturated carbocycles. The van der Waals surface area contributed by atoms with E-state index < -0.39 is 12.1 Å². The van der Waals surface area contributed by atoms with E-state index in [1.165, 1.54) is 5.56 Å². The van der Waals surface area contributed by atoms with Crippen LogP contribution in [0.4, 0.5) is 13.2 Å². The second kappa shape index (κ2) is 6.24. The van der Waals surface area contributed by atoms with Gasteiger partial charge in [0.2, 0.25) is 0 Å². The zero-order valence-corrected chi connectivity index (χ0v) is 16.3. The van der Waals surface area contributed by atoms with Crippen molar-refractivity contribution in [2.75, 3.05) is 6.54 Å². The van der Waals surface area contributed by atoms with Crippen LogP contribution < -0.4 is 5.32 Å². The highest BCUT2D eigenvalue weighted by molar-refractivity contribution is 5.81. The average Bonchev–Trinajstić information content (AvgIpc) is 2.90. The number of aryl methyl sites for hydroxylation is 1. The number of hydrogen-bond acceptors (Lipinski definition) is 2. The number of H-pyrrole nitrogens is 1. The summed E-state index contributed by atoms with van der Waals surface area (Å²) >= 11 is 0. The summed E-state index contributed by atoms with van der Waals surface area (Å²) in [5.41, 5.74) is 3.61. The standard InChI is InChI=1S/C20H26F3N3O/c1-11-8-13-9-15-16(26-12(2)25-15)10-14(13)19(5,18(11,3)4)6-7-24-17(27)20(21,22)23/h9-11H,6-8H2,1-5H3,(H,24,27)(H,25,26)/t11-,19+/m1/s1. The first-order valence-corrected chi connectivity index (χ1v) is 9.21. The molecule has 1 aliphatic carbocycles. The predicted octanol–water partition coefficient (Wildman–Crippen LogP) is 4.42. The van der Waals surface area contributed by atoms with Gasteiger partial charge < -0.3 is 10.3 Å². The van der Waals surface area contributed by atoms with Gasteiger partial charge in [-0.3, -0.25) is 4.79 Å². The number of alkyl halides is 3. The summed E-state index contributed by atoms with van der Waals surface area (Å²) in [6.45, 7) is 10.5. The van der Waals surface area contributed by atoms with E-state index in [4.69, 9.17) is 0 Å². The first kappa shape index (κ1) is 19.7. The molecule has 2 aromatic rings. The molecule has 1 aromatic carbocycles. The minimum Gasteiger partial charge on any atom is -0.348 e. The third-order valence-corrected chi connectivity index (χ3v) is 6.77. The van der Waals surface area contributed by atoms with Crippen molar-refractivity contribution in [1.29, 1.82) is 0 Å². The molecular formula is C20H26F3N3O. The van der Waals surface area contributed by atoms with Gasteiger partial charge in [-0.2, -0.15) is 13.2 Å². The largest absolute Gasteiger partial charge is 0.471 e. The fourth-order valence-corrected chi connectivity index (χ4v) is 4.37. The van der Waals surface area contributed by atoms with Crippen molar-refractivity contribution in [2.45, 2.75) is 59.1 Å². The van der Waals surface area contributed by atoms with Gasteiger partial charge in [0.1, 0.15) is 5.82 Å². The van der Waals surface area contributed by atoms with Gasteiger partial charge in [0.25, 0.3) is 0 Å². The Balaban J connectivity index is 1.98. The number of hydrogen-bond donors (Lipinski definition) is 2. The third kappa shape index (κ3) is 3.21. The number of imidazole rings is 1. The van der Waals surface area contributed by atoms with Gasteiger partial charge in [0.05, 0.1) is 11.0 Å². The van der Waals surface area contributed by atoms with Crippen LogP contribution in [0.5, 0.6) is 0 Å². The Morgan fingerprint density at radius 2 is 2.00 bits per heavy atom. The van der Waals surface area contributed by atoms with E-state index in [9.17, 15) is 18.0 Å². The van der Waals surface area contributed by atoms with E-state index in [1.54, 1.807) is 0 Å². The molecule has 1 heterocycles. The maximum Gasteiger partial charge on any atom is 0.471 e. The summed E-state index contributed by atoms with van der Waals surface area (Å²) in [4.78, 5) is 19.0. The zero-order valence-electron chi connectivity index (χ0n) is 16.3. The van der Waals surface area contributed by atoms with E-state index >= 15 is 0 Å². The Morgan fingerprint density at radius 3 is 2.63 bits per heavy atom. The van der Waals surface area contributed by atoms with Crippen molar-refractivity contribution in [3.05, 3.63) is 29.1 Å². The number of amides is 1. The van der Waals surface area contributed by atoms with Gasteiger partial charge in [-0.25, -0.2) is 4.98 Å². The number of aromatic amines is 1. The fraction of sp³-hybridized carbons (Fsp3) is 0.600. The highest BCUT2D eigenvalue weighted by Crippen LogP contribution is 2.54. The Hall–Kier alpha value is -2.05. The molecule has 2 atom stereocenters. The van der Waals surface area contributed by atoms with Gasteiger partial charge in [0, 0.05) is 6.54 Å². The molecule has 4 nitrogen and oxygen atoms in total. The molecule has 1 amide bonds. The van der Waals surface area contributed by atoms with E-state index in [1.807, 2.05) is 12.2 Å². The molecule has 0 aliphatic heterocycles. The summed E-state index contributed by atoms with van der Waals surface area (Å²) in [6, 6.07) is 4.18. The van der Waals surface area contributed by atoms with Crippen molar-refractivity contribution in [3.8, 4) is 0 Å². The first-order chi connectivity index (χ1) is 12.4. The lowest BCUT2D eigenvalue weighted by Crippen LogP contribution is -2.50. The predicted molar refractivity (Wildman–Crippen MR) is 98.5 cm³/mol. The van der Waals surface area contributed by atoms with Crippen molar-refractivity contribution in [1.82, 2.24) is 15.3 Å². The Bertz CT molecular complexity index is 884. The van der Waals surface area contributed by atoms with Crippen molar-refractivity contribution < 1.29 is 18.0 Å². The zero-order chi connectivity index (χ0) is 20.2. The molecule has 27 heavy (non-hydrogen) atoms. The average molecular weight is 381 g/mol. The van der Waals surface area contributed by atoms with E-state index in [-0.39, 0.29) is 17.4 Å². The second-order valence-corrected chi connectivity index (χ2v) is 8.51. The monoisotopic (exact) mass is 381 g/mol. The normalized spacial score (nSPS) is 24.7. The summed E-state index contributed by atoms with van der Waals surface area (Å²) in [5.74, 6) is -0.708. The lowest BCUT2D eigenvalue weighted by Gasteiger charge is -2.53. The van der Waals surface area contributed by atoms with Gasteiger partial charge >= 0.3 is 12.1 Å². The van der Waals surface area contributed by atoms with Crippen molar-refractivity contribution in [3.63, 3.8) is 0 Å². The number of benzene rings is 1. The molecule has 0 fully saturated rings. The second-order valence-electron chi connectivity index (χ2n) is 8.51. The lowest BCUT2D eigenvalue weighted by atomic mass is 9.51. The maximum atomic E-state index is 12.5. The molecule has 0 saturated heterocycles. The van der Waals surface area contributed by atoms with Crippen molar-refractivity contribution in [2.24, 2.45) is 11.3 Å². The Labute approximate surface area is 156 Å². The van der Waals surface area contributed by atoms with Crippen LogP contribution in [0, 0.1) is 18.3 Å². The molecule has 1 aromatic heterocycles. The van der Waals surface area contributed by atoms with Crippen LogP contribution >= 0.6 is 0 Å². The number of halogens is 3. The molecule has 2 N–H and O–H groups in total. The molecule has 3 rings (SSSR count). The van der Waals surface area contributed by atoms with Gasteiger partial charge in [-0.1, -0.05) is 27.7 Å². The Kier molecular flexibility index (Phi) is 4.56. The molecule has 7 heteroatoms. The highest BCUT2D eigenvalue weighted by Gasteiger charge is 2.50. The van der Waals surface area contributed by atoms with Crippen LogP contribution in [0.3, 0.4) is 0 Å². The number of carbonyl (C=O) groups excluding carboxylic acids is 1. The van der Waals surface area contributed by atoms with Gasteiger partial charge in [0.15, 0.2) is 0 Å². The highest BCUT2D eigenvalue weighted by atomic mass is 19.4. The number of rotatable bonds is 3. The molecule has 148 valence electrons. The van der Waals surface area contributed by atoms with Crippen LogP contribution in [0.2, 0.25) is 0 Å². The fourth-order valence-electron chi connectivity index (χ4n) is 4.37. The van der Waals surface area contributed by atoms with Crippen LogP contribution in [-0.4, -0.2) is 28.6 Å². The molecule has 0 bridgehead atoms.